The van der Waals surface area contributed by atoms with E-state index >= 15 is 0 Å². The van der Waals surface area contributed by atoms with Crippen molar-refractivity contribution >= 4 is 22.5 Å². The molecule has 2 aromatic heterocycles. The van der Waals surface area contributed by atoms with Gasteiger partial charge >= 0.3 is 5.97 Å². The zero-order valence-electron chi connectivity index (χ0n) is 8.66. The zero-order chi connectivity index (χ0) is 12.0. The fourth-order valence-electron chi connectivity index (χ4n) is 1.85. The number of aromatic hydroxyl groups is 1. The molecule has 5 nitrogen and oxygen atoms in total. The molecule has 3 rings (SSSR count). The predicted molar refractivity (Wildman–Crippen MR) is 61.3 cm³/mol. The van der Waals surface area contributed by atoms with E-state index in [0.29, 0.717) is 5.65 Å². The van der Waals surface area contributed by atoms with Gasteiger partial charge in [-0.2, -0.15) is 0 Å². The second-order valence-electron chi connectivity index (χ2n) is 3.74. The van der Waals surface area contributed by atoms with Crippen LogP contribution in [0.3, 0.4) is 0 Å². The molecule has 0 atom stereocenters. The Hall–Kier alpha value is -2.56. The number of fused-ring (bicyclic) bond motifs is 3. The Kier molecular flexibility index (Phi) is 1.82. The second-order valence-corrected chi connectivity index (χ2v) is 3.74. The minimum Gasteiger partial charge on any atom is -0.508 e. The summed E-state index contributed by atoms with van der Waals surface area (Å²) in [6.45, 7) is 0. The van der Waals surface area contributed by atoms with E-state index in [9.17, 15) is 9.90 Å². The number of aromatic nitrogens is 2. The number of rotatable bonds is 1. The van der Waals surface area contributed by atoms with E-state index in [2.05, 4.69) is 4.98 Å². The normalized spacial score (nSPS) is 11.1. The van der Waals surface area contributed by atoms with Crippen LogP contribution in [0.1, 0.15) is 10.5 Å². The molecule has 5 heteroatoms. The molecule has 0 aliphatic rings. The number of carboxylic acid groups (broad SMARTS) is 1. The molecule has 0 spiro atoms. The van der Waals surface area contributed by atoms with Crippen molar-refractivity contribution in [2.45, 2.75) is 0 Å². The molecule has 0 aliphatic carbocycles. The lowest BCUT2D eigenvalue weighted by molar-refractivity contribution is 0.0691. The molecule has 3 aromatic rings. The summed E-state index contributed by atoms with van der Waals surface area (Å²) in [5, 5.41) is 19.3. The van der Waals surface area contributed by atoms with Crippen molar-refractivity contribution in [3.63, 3.8) is 0 Å². The fourth-order valence-corrected chi connectivity index (χ4v) is 1.85. The van der Waals surface area contributed by atoms with Crippen LogP contribution in [0.2, 0.25) is 0 Å². The van der Waals surface area contributed by atoms with Gasteiger partial charge in [-0.25, -0.2) is 9.78 Å². The molecule has 0 bridgehead atoms. The van der Waals surface area contributed by atoms with E-state index in [0.717, 1.165) is 10.9 Å². The van der Waals surface area contributed by atoms with Crippen LogP contribution in [0.4, 0.5) is 0 Å². The van der Waals surface area contributed by atoms with Gasteiger partial charge in [-0.05, 0) is 29.7 Å². The first-order chi connectivity index (χ1) is 8.15. The van der Waals surface area contributed by atoms with Gasteiger partial charge in [0.25, 0.3) is 0 Å². The van der Waals surface area contributed by atoms with Crippen LogP contribution < -0.4 is 0 Å². The van der Waals surface area contributed by atoms with Crippen LogP contribution in [0.25, 0.3) is 16.6 Å². The lowest BCUT2D eigenvalue weighted by Crippen LogP contribution is -1.94. The predicted octanol–water partition coefficient (Wildman–Crippen LogP) is 1.89. The quantitative estimate of drug-likeness (QED) is 0.667. The van der Waals surface area contributed by atoms with E-state index in [1.807, 2.05) is 6.07 Å². The van der Waals surface area contributed by atoms with Gasteiger partial charge in [0.2, 0.25) is 0 Å². The Labute approximate surface area is 95.6 Å². The Balaban J connectivity index is 2.45. The van der Waals surface area contributed by atoms with Gasteiger partial charge in [0.1, 0.15) is 11.4 Å². The van der Waals surface area contributed by atoms with Crippen molar-refractivity contribution in [1.29, 1.82) is 0 Å². The Morgan fingerprint density at radius 3 is 2.76 bits per heavy atom. The summed E-state index contributed by atoms with van der Waals surface area (Å²) in [6, 6.07) is 8.51. The van der Waals surface area contributed by atoms with Crippen molar-refractivity contribution in [2.75, 3.05) is 0 Å². The summed E-state index contributed by atoms with van der Waals surface area (Å²) in [7, 11) is 0. The number of nitrogens with zero attached hydrogens (tertiary/aromatic N) is 2. The summed E-state index contributed by atoms with van der Waals surface area (Å²) in [5.41, 5.74) is 1.25. The molecule has 0 amide bonds. The van der Waals surface area contributed by atoms with Crippen LogP contribution >= 0.6 is 0 Å². The first-order valence-corrected chi connectivity index (χ1v) is 4.99. The Morgan fingerprint density at radius 1 is 1.24 bits per heavy atom. The van der Waals surface area contributed by atoms with Gasteiger partial charge in [0.15, 0.2) is 5.69 Å². The number of pyridine rings is 1. The highest BCUT2D eigenvalue weighted by molar-refractivity contribution is 5.88. The lowest BCUT2D eigenvalue weighted by atomic mass is 10.2. The van der Waals surface area contributed by atoms with Gasteiger partial charge in [-0.1, -0.05) is 0 Å². The first-order valence-electron chi connectivity index (χ1n) is 4.99. The molecule has 2 heterocycles. The summed E-state index contributed by atoms with van der Waals surface area (Å²) >= 11 is 0. The van der Waals surface area contributed by atoms with Crippen LogP contribution in [0.15, 0.2) is 36.5 Å². The van der Waals surface area contributed by atoms with Gasteiger partial charge in [0.05, 0.1) is 5.52 Å². The van der Waals surface area contributed by atoms with Crippen LogP contribution in [-0.4, -0.2) is 25.6 Å². The number of carbonyl (C=O) groups is 1. The molecule has 0 aliphatic heterocycles. The molecule has 0 radical (unpaired) electrons. The number of phenolic OH excluding ortho intramolecular Hbond substituents is 1. The van der Waals surface area contributed by atoms with Crippen LogP contribution in [-0.2, 0) is 0 Å². The molecule has 2 N–H and O–H groups in total. The number of benzene rings is 1. The van der Waals surface area contributed by atoms with Crippen molar-refractivity contribution in [3.05, 3.63) is 42.2 Å². The highest BCUT2D eigenvalue weighted by Gasteiger charge is 2.10. The minimum atomic E-state index is -1.07. The Bertz CT molecular complexity index is 746. The topological polar surface area (TPSA) is 74.8 Å². The maximum atomic E-state index is 10.8. The van der Waals surface area contributed by atoms with Gasteiger partial charge in [-0.15, -0.1) is 0 Å². The number of phenols is 1. The van der Waals surface area contributed by atoms with E-state index < -0.39 is 5.97 Å². The van der Waals surface area contributed by atoms with Crippen LogP contribution in [0, 0.1) is 0 Å². The van der Waals surface area contributed by atoms with Gasteiger partial charge < -0.3 is 10.2 Å². The highest BCUT2D eigenvalue weighted by atomic mass is 16.4. The van der Waals surface area contributed by atoms with Crippen molar-refractivity contribution in [2.24, 2.45) is 0 Å². The number of hydrogen-bond acceptors (Lipinski definition) is 3. The standard InChI is InChI=1S/C12H8N2O3/c15-8-3-1-7-2-4-11-13-9(12(16)17)6-14(11)10(7)5-8/h1-6,15H,(H,16,17). The van der Waals surface area contributed by atoms with Crippen molar-refractivity contribution < 1.29 is 15.0 Å². The van der Waals surface area contributed by atoms with E-state index in [1.54, 1.807) is 28.7 Å². The highest BCUT2D eigenvalue weighted by Crippen LogP contribution is 2.21. The molecule has 0 saturated carbocycles. The summed E-state index contributed by atoms with van der Waals surface area (Å²) in [4.78, 5) is 14.8. The Morgan fingerprint density at radius 2 is 2.00 bits per heavy atom. The van der Waals surface area contributed by atoms with Gasteiger partial charge in [-0.3, -0.25) is 4.40 Å². The molecule has 17 heavy (non-hydrogen) atoms. The maximum absolute atomic E-state index is 10.8. The van der Waals surface area contributed by atoms with Crippen molar-refractivity contribution in [1.82, 2.24) is 9.38 Å². The number of imidazole rings is 1. The molecule has 84 valence electrons. The average molecular weight is 228 g/mol. The number of carboxylic acids is 1. The van der Waals surface area contributed by atoms with E-state index in [-0.39, 0.29) is 11.4 Å². The summed E-state index contributed by atoms with van der Waals surface area (Å²) < 4.78 is 1.65. The molecular weight excluding hydrogens is 220 g/mol. The minimum absolute atomic E-state index is 0.0131. The number of hydrogen-bond donors (Lipinski definition) is 2. The average Bonchev–Trinajstić information content (AvgIpc) is 2.73. The second kappa shape index (κ2) is 3.21. The van der Waals surface area contributed by atoms with Crippen LogP contribution in [0.5, 0.6) is 5.75 Å². The third kappa shape index (κ3) is 1.40. The smallest absolute Gasteiger partial charge is 0.356 e. The first kappa shape index (κ1) is 9.65. The largest absolute Gasteiger partial charge is 0.508 e. The van der Waals surface area contributed by atoms with E-state index in [4.69, 9.17) is 5.11 Å². The SMILES string of the molecule is O=C(O)c1cn2c(ccc3ccc(O)cc32)n1. The fraction of sp³-hybridized carbons (Fsp3) is 0. The zero-order valence-corrected chi connectivity index (χ0v) is 8.66. The molecule has 0 unspecified atom stereocenters. The number of aromatic carboxylic acids is 1. The van der Waals surface area contributed by atoms with E-state index in [1.165, 1.54) is 6.20 Å². The maximum Gasteiger partial charge on any atom is 0.356 e. The van der Waals surface area contributed by atoms with Gasteiger partial charge in [0, 0.05) is 12.3 Å². The molecule has 1 aromatic carbocycles. The monoisotopic (exact) mass is 228 g/mol. The lowest BCUT2D eigenvalue weighted by Gasteiger charge is -2.01. The molecule has 0 fully saturated rings. The third-order valence-corrected chi connectivity index (χ3v) is 2.64. The molecular formula is C12H8N2O3. The van der Waals surface area contributed by atoms with Crippen molar-refractivity contribution in [3.8, 4) is 5.75 Å². The third-order valence-electron chi connectivity index (χ3n) is 2.64. The summed E-state index contributed by atoms with van der Waals surface area (Å²) in [6.07, 6.45) is 1.44. The molecule has 0 saturated heterocycles. The summed E-state index contributed by atoms with van der Waals surface area (Å²) in [5.74, 6) is -0.933.